The Morgan fingerprint density at radius 2 is 2.29 bits per heavy atom. The molecule has 0 fully saturated rings. The lowest BCUT2D eigenvalue weighted by Gasteiger charge is -2.10. The van der Waals surface area contributed by atoms with Crippen LogP contribution in [0.15, 0.2) is 23.4 Å². The summed E-state index contributed by atoms with van der Waals surface area (Å²) in [7, 11) is 1.47. The molecule has 0 atom stereocenters. The van der Waals surface area contributed by atoms with E-state index in [2.05, 4.69) is 10.5 Å². The Hall–Kier alpha value is -2.11. The Kier molecular flexibility index (Phi) is 4.45. The summed E-state index contributed by atoms with van der Waals surface area (Å²) in [6.07, 6.45) is 0. The fourth-order valence-electron chi connectivity index (χ4n) is 1.18. The van der Waals surface area contributed by atoms with Crippen LogP contribution in [0.2, 0.25) is 0 Å². The number of nitrogens with zero attached hydrogens (tertiary/aromatic N) is 1. The van der Waals surface area contributed by atoms with Gasteiger partial charge >= 0.3 is 0 Å². The predicted octanol–water partition coefficient (Wildman–Crippen LogP) is 1.15. The molecule has 0 aliphatic heterocycles. The molecule has 0 heterocycles. The highest BCUT2D eigenvalue weighted by Gasteiger charge is 2.10. The molecule has 1 amide bonds. The van der Waals surface area contributed by atoms with Crippen LogP contribution >= 0.6 is 0 Å². The fourth-order valence-corrected chi connectivity index (χ4v) is 1.18. The Balaban J connectivity index is 2.95. The number of rotatable bonds is 4. The van der Waals surface area contributed by atoms with Crippen LogP contribution in [0, 0.1) is 5.82 Å². The molecular formula is C11H13FN2O3. The smallest absolute Gasteiger partial charge is 0.257 e. The van der Waals surface area contributed by atoms with Gasteiger partial charge in [-0.2, -0.15) is 0 Å². The van der Waals surface area contributed by atoms with Crippen molar-refractivity contribution in [2.75, 3.05) is 13.7 Å². The van der Waals surface area contributed by atoms with E-state index in [0.717, 1.165) is 6.07 Å². The normalized spacial score (nSPS) is 11.1. The van der Waals surface area contributed by atoms with E-state index in [0.29, 0.717) is 5.56 Å². The zero-order chi connectivity index (χ0) is 12.8. The molecule has 1 aromatic carbocycles. The van der Waals surface area contributed by atoms with E-state index in [1.165, 1.54) is 19.2 Å². The van der Waals surface area contributed by atoms with Crippen LogP contribution < -0.4 is 10.1 Å². The minimum atomic E-state index is -0.494. The highest BCUT2D eigenvalue weighted by Crippen LogP contribution is 2.20. The molecule has 0 aliphatic carbocycles. The maximum atomic E-state index is 13.0. The molecule has 6 heteroatoms. The molecule has 92 valence electrons. The second-order valence-electron chi connectivity index (χ2n) is 3.29. The van der Waals surface area contributed by atoms with Crippen molar-refractivity contribution in [3.05, 3.63) is 29.6 Å². The van der Waals surface area contributed by atoms with Crippen molar-refractivity contribution in [1.29, 1.82) is 0 Å². The number of hydrogen-bond acceptors (Lipinski definition) is 4. The highest BCUT2D eigenvalue weighted by atomic mass is 19.1. The molecular weight excluding hydrogens is 227 g/mol. The number of carbonyl (C=O) groups is 1. The van der Waals surface area contributed by atoms with Gasteiger partial charge in [0.05, 0.1) is 5.71 Å². The van der Waals surface area contributed by atoms with Gasteiger partial charge in [0, 0.05) is 18.7 Å². The minimum absolute atomic E-state index is 0.156. The number of ether oxygens (including phenoxy) is 1. The van der Waals surface area contributed by atoms with Gasteiger partial charge in [0.25, 0.3) is 5.91 Å². The molecule has 0 bridgehead atoms. The standard InChI is InChI=1S/C11H13FN2O3/c1-7(14-16)9-4-3-8(12)5-10(9)17-6-11(15)13-2/h3-5,16H,6H2,1-2H3,(H,13,15). The van der Waals surface area contributed by atoms with Crippen LogP contribution in [-0.4, -0.2) is 30.5 Å². The van der Waals surface area contributed by atoms with Crippen LogP contribution in [0.4, 0.5) is 4.39 Å². The van der Waals surface area contributed by atoms with E-state index >= 15 is 0 Å². The second kappa shape index (κ2) is 5.83. The zero-order valence-corrected chi connectivity index (χ0v) is 9.53. The molecule has 0 spiro atoms. The van der Waals surface area contributed by atoms with Crippen LogP contribution in [-0.2, 0) is 4.79 Å². The first-order chi connectivity index (χ1) is 8.08. The summed E-state index contributed by atoms with van der Waals surface area (Å²) in [6.45, 7) is 1.31. The van der Waals surface area contributed by atoms with Gasteiger partial charge < -0.3 is 15.3 Å². The number of carbonyl (C=O) groups excluding carboxylic acids is 1. The molecule has 0 radical (unpaired) electrons. The molecule has 0 saturated carbocycles. The predicted molar refractivity (Wildman–Crippen MR) is 60.0 cm³/mol. The van der Waals surface area contributed by atoms with E-state index in [-0.39, 0.29) is 24.0 Å². The molecule has 17 heavy (non-hydrogen) atoms. The van der Waals surface area contributed by atoms with Crippen LogP contribution in [0.1, 0.15) is 12.5 Å². The SMILES string of the molecule is CNC(=O)COc1cc(F)ccc1C(C)=NO. The van der Waals surface area contributed by atoms with Crippen molar-refractivity contribution < 1.29 is 19.1 Å². The van der Waals surface area contributed by atoms with Crippen molar-refractivity contribution in [3.63, 3.8) is 0 Å². The van der Waals surface area contributed by atoms with Crippen LogP contribution in [0.25, 0.3) is 0 Å². The van der Waals surface area contributed by atoms with Gasteiger partial charge in [0.2, 0.25) is 0 Å². The average Bonchev–Trinajstić information content (AvgIpc) is 2.35. The van der Waals surface area contributed by atoms with Gasteiger partial charge in [0.1, 0.15) is 11.6 Å². The molecule has 2 N–H and O–H groups in total. The average molecular weight is 240 g/mol. The first-order valence-corrected chi connectivity index (χ1v) is 4.90. The second-order valence-corrected chi connectivity index (χ2v) is 3.29. The number of benzene rings is 1. The summed E-state index contributed by atoms with van der Waals surface area (Å²) >= 11 is 0. The van der Waals surface area contributed by atoms with Crippen LogP contribution in [0.3, 0.4) is 0 Å². The highest BCUT2D eigenvalue weighted by molar-refractivity contribution is 6.00. The van der Waals surface area contributed by atoms with Gasteiger partial charge in [-0.25, -0.2) is 4.39 Å². The summed E-state index contributed by atoms with van der Waals surface area (Å²) < 4.78 is 18.2. The molecule has 0 saturated heterocycles. The number of oxime groups is 1. The van der Waals surface area contributed by atoms with Gasteiger partial charge in [0.15, 0.2) is 6.61 Å². The molecule has 0 unspecified atom stereocenters. The minimum Gasteiger partial charge on any atom is -0.483 e. The fraction of sp³-hybridized carbons (Fsp3) is 0.273. The number of hydrogen-bond donors (Lipinski definition) is 2. The van der Waals surface area contributed by atoms with E-state index in [4.69, 9.17) is 9.94 Å². The molecule has 1 aromatic rings. The third-order valence-electron chi connectivity index (χ3n) is 2.12. The summed E-state index contributed by atoms with van der Waals surface area (Å²) in [5.74, 6) is -0.672. The summed E-state index contributed by atoms with van der Waals surface area (Å²) in [5.41, 5.74) is 0.703. The van der Waals surface area contributed by atoms with Gasteiger partial charge in [-0.05, 0) is 19.1 Å². The molecule has 0 aromatic heterocycles. The van der Waals surface area contributed by atoms with Crippen molar-refractivity contribution >= 4 is 11.6 Å². The zero-order valence-electron chi connectivity index (χ0n) is 9.53. The number of nitrogens with one attached hydrogen (secondary N) is 1. The maximum absolute atomic E-state index is 13.0. The monoisotopic (exact) mass is 240 g/mol. The van der Waals surface area contributed by atoms with Crippen molar-refractivity contribution in [1.82, 2.24) is 5.32 Å². The van der Waals surface area contributed by atoms with Gasteiger partial charge in [-0.1, -0.05) is 5.16 Å². The molecule has 0 aliphatic rings. The number of amides is 1. The van der Waals surface area contributed by atoms with Gasteiger partial charge in [-0.15, -0.1) is 0 Å². The van der Waals surface area contributed by atoms with E-state index in [1.54, 1.807) is 6.92 Å². The maximum Gasteiger partial charge on any atom is 0.257 e. The Morgan fingerprint density at radius 3 is 2.88 bits per heavy atom. The van der Waals surface area contributed by atoms with Gasteiger partial charge in [-0.3, -0.25) is 4.79 Å². The lowest BCUT2D eigenvalue weighted by Crippen LogP contribution is -2.25. The molecule has 5 nitrogen and oxygen atoms in total. The lowest BCUT2D eigenvalue weighted by molar-refractivity contribution is -0.122. The topological polar surface area (TPSA) is 70.9 Å². The van der Waals surface area contributed by atoms with Crippen molar-refractivity contribution in [3.8, 4) is 5.75 Å². The summed E-state index contributed by atoms with van der Waals surface area (Å²) in [4.78, 5) is 11.0. The van der Waals surface area contributed by atoms with E-state index < -0.39 is 5.82 Å². The lowest BCUT2D eigenvalue weighted by atomic mass is 10.1. The molecule has 1 rings (SSSR count). The number of halogens is 1. The summed E-state index contributed by atoms with van der Waals surface area (Å²) in [5, 5.41) is 14.1. The first-order valence-electron chi connectivity index (χ1n) is 4.90. The number of likely N-dealkylation sites (N-methyl/N-ethyl adjacent to an activating group) is 1. The Morgan fingerprint density at radius 1 is 1.59 bits per heavy atom. The Labute approximate surface area is 97.9 Å². The Bertz CT molecular complexity index is 446. The third-order valence-corrected chi connectivity index (χ3v) is 2.12. The van der Waals surface area contributed by atoms with Crippen molar-refractivity contribution in [2.24, 2.45) is 5.16 Å². The first kappa shape index (κ1) is 13.0. The largest absolute Gasteiger partial charge is 0.483 e. The van der Waals surface area contributed by atoms with Crippen molar-refractivity contribution in [2.45, 2.75) is 6.92 Å². The summed E-state index contributed by atoms with van der Waals surface area (Å²) in [6, 6.07) is 3.77. The third kappa shape index (κ3) is 3.44. The van der Waals surface area contributed by atoms with E-state index in [9.17, 15) is 9.18 Å². The quantitative estimate of drug-likeness (QED) is 0.471. The van der Waals surface area contributed by atoms with E-state index in [1.807, 2.05) is 0 Å². The van der Waals surface area contributed by atoms with Crippen LogP contribution in [0.5, 0.6) is 5.75 Å².